The average molecular weight is 120 g/mol. The molecule has 0 radical (unpaired) electrons. The molecule has 34 valence electrons. The lowest BCUT2D eigenvalue weighted by molar-refractivity contribution is 1.41. The topological polar surface area (TPSA) is 49.9 Å². The molecule has 1 heterocycles. The Morgan fingerprint density at radius 1 is 1.67 bits per heavy atom. The van der Waals surface area contributed by atoms with E-state index in [-0.39, 0.29) is 0 Å². The van der Waals surface area contributed by atoms with Gasteiger partial charge in [-0.15, -0.1) is 0 Å². The highest BCUT2D eigenvalue weighted by Crippen LogP contribution is 2.52. The monoisotopic (exact) mass is 120 g/mol. The highest BCUT2D eigenvalue weighted by Gasteiger charge is 2.27. The maximum Gasteiger partial charge on any atom is 0.127 e. The van der Waals surface area contributed by atoms with Crippen LogP contribution in [0.25, 0.3) is 0 Å². The lowest BCUT2D eigenvalue weighted by atomic mass is 10.7. The van der Waals surface area contributed by atoms with Crippen LogP contribution in [0.3, 0.4) is 0 Å². The van der Waals surface area contributed by atoms with Gasteiger partial charge >= 0.3 is 0 Å². The zero-order valence-electron chi connectivity index (χ0n) is 2.97. The fraction of sp³-hybridized carbons (Fsp3) is 0.500. The van der Waals surface area contributed by atoms with E-state index in [9.17, 15) is 0 Å². The second kappa shape index (κ2) is 1.35. The van der Waals surface area contributed by atoms with E-state index in [0.717, 1.165) is 0 Å². The van der Waals surface area contributed by atoms with Gasteiger partial charge in [0.2, 0.25) is 0 Å². The van der Waals surface area contributed by atoms with Gasteiger partial charge in [-0.05, 0) is 0 Å². The van der Waals surface area contributed by atoms with Crippen LogP contribution in [0, 0.1) is 5.41 Å². The van der Waals surface area contributed by atoms with Gasteiger partial charge in [-0.1, -0.05) is 21.6 Å². The normalized spacial score (nSPS) is 20.7. The zero-order valence-corrected chi connectivity index (χ0v) is 4.60. The van der Waals surface area contributed by atoms with Crippen molar-refractivity contribution >= 4 is 27.4 Å². The molecule has 1 saturated heterocycles. The van der Waals surface area contributed by atoms with Crippen molar-refractivity contribution in [3.63, 3.8) is 0 Å². The summed E-state index contributed by atoms with van der Waals surface area (Å²) in [5, 5.41) is 6.75. The number of hydrogen-bond donors (Lipinski definition) is 2. The van der Waals surface area contributed by atoms with Gasteiger partial charge in [0.15, 0.2) is 0 Å². The van der Waals surface area contributed by atoms with E-state index in [4.69, 9.17) is 11.1 Å². The highest BCUT2D eigenvalue weighted by atomic mass is 33.2. The largest absolute Gasteiger partial charge is 0.386 e. The summed E-state index contributed by atoms with van der Waals surface area (Å²) in [6.07, 6.45) is 0. The molecule has 1 rings (SSSR count). The van der Waals surface area contributed by atoms with Gasteiger partial charge in [0.05, 0.1) is 0 Å². The first kappa shape index (κ1) is 4.33. The standard InChI is InChI=1S/C2H4N2S2/c3-1(4)2-5-6-2/h2H,(H3,3,4). The summed E-state index contributed by atoms with van der Waals surface area (Å²) < 4.78 is 0.296. The fourth-order valence-electron chi connectivity index (χ4n) is 0.131. The van der Waals surface area contributed by atoms with Crippen molar-refractivity contribution in [2.24, 2.45) is 5.73 Å². The van der Waals surface area contributed by atoms with E-state index in [0.29, 0.717) is 10.4 Å². The quantitative estimate of drug-likeness (QED) is 0.231. The summed E-state index contributed by atoms with van der Waals surface area (Å²) in [5.41, 5.74) is 5.04. The van der Waals surface area contributed by atoms with E-state index in [1.54, 1.807) is 21.6 Å². The van der Waals surface area contributed by atoms with Gasteiger partial charge < -0.3 is 5.73 Å². The summed E-state index contributed by atoms with van der Waals surface area (Å²) >= 11 is 0. The van der Waals surface area contributed by atoms with Crippen LogP contribution in [0.2, 0.25) is 0 Å². The Hall–Kier alpha value is 0.170. The van der Waals surface area contributed by atoms with E-state index in [1.165, 1.54) is 0 Å². The second-order valence-corrected chi connectivity index (χ2v) is 3.76. The van der Waals surface area contributed by atoms with Crippen LogP contribution in [0.5, 0.6) is 0 Å². The predicted molar refractivity (Wildman–Crippen MR) is 30.9 cm³/mol. The van der Waals surface area contributed by atoms with E-state index in [2.05, 4.69) is 0 Å². The van der Waals surface area contributed by atoms with Crippen LogP contribution >= 0.6 is 21.6 Å². The minimum absolute atomic E-state index is 0.296. The summed E-state index contributed by atoms with van der Waals surface area (Å²) in [6.45, 7) is 0. The lowest BCUT2D eigenvalue weighted by Crippen LogP contribution is -2.13. The molecule has 6 heavy (non-hydrogen) atoms. The van der Waals surface area contributed by atoms with E-state index >= 15 is 0 Å². The van der Waals surface area contributed by atoms with Crippen molar-refractivity contribution in [2.75, 3.05) is 0 Å². The second-order valence-electron chi connectivity index (χ2n) is 0.980. The van der Waals surface area contributed by atoms with Crippen LogP contribution < -0.4 is 5.73 Å². The number of hydrogen-bond acceptors (Lipinski definition) is 3. The van der Waals surface area contributed by atoms with E-state index in [1.807, 2.05) is 0 Å². The zero-order chi connectivity index (χ0) is 4.57. The van der Waals surface area contributed by atoms with Crippen molar-refractivity contribution in [2.45, 2.75) is 4.58 Å². The Labute approximate surface area is 43.8 Å². The summed E-state index contributed by atoms with van der Waals surface area (Å²) in [7, 11) is 3.29. The van der Waals surface area contributed by atoms with Gasteiger partial charge in [0.25, 0.3) is 0 Å². The first-order valence-electron chi connectivity index (χ1n) is 1.47. The van der Waals surface area contributed by atoms with Gasteiger partial charge in [-0.2, -0.15) is 0 Å². The molecule has 0 aromatic heterocycles. The van der Waals surface area contributed by atoms with Crippen molar-refractivity contribution < 1.29 is 0 Å². The molecule has 0 bridgehead atoms. The molecule has 1 aliphatic rings. The highest BCUT2D eigenvalue weighted by molar-refractivity contribution is 8.93. The van der Waals surface area contributed by atoms with Gasteiger partial charge in [0.1, 0.15) is 10.4 Å². The summed E-state index contributed by atoms with van der Waals surface area (Å²) in [5.74, 6) is 0.296. The molecule has 0 aromatic carbocycles. The van der Waals surface area contributed by atoms with Crippen LogP contribution in [-0.4, -0.2) is 10.4 Å². The minimum Gasteiger partial charge on any atom is -0.386 e. The SMILES string of the molecule is N=C(N)C1SS1. The van der Waals surface area contributed by atoms with Crippen LogP contribution in [0.1, 0.15) is 0 Å². The number of nitrogens with one attached hydrogen (secondary N) is 1. The number of nitrogens with two attached hydrogens (primary N) is 1. The molecule has 0 saturated carbocycles. The number of rotatable bonds is 1. The van der Waals surface area contributed by atoms with Crippen molar-refractivity contribution in [3.05, 3.63) is 0 Å². The Bertz CT molecular complexity index is 77.6. The first-order valence-corrected chi connectivity index (χ1v) is 3.74. The molecule has 0 atom stereocenters. The Kier molecular flexibility index (Phi) is 0.972. The van der Waals surface area contributed by atoms with Crippen molar-refractivity contribution in [3.8, 4) is 0 Å². The molecule has 0 amide bonds. The van der Waals surface area contributed by atoms with Crippen molar-refractivity contribution in [1.29, 1.82) is 5.41 Å². The molecule has 4 heteroatoms. The van der Waals surface area contributed by atoms with Crippen LogP contribution in [0.4, 0.5) is 0 Å². The average Bonchev–Trinajstić information content (AvgIpc) is 2.06. The smallest absolute Gasteiger partial charge is 0.127 e. The third-order valence-corrected chi connectivity index (χ3v) is 2.49. The third kappa shape index (κ3) is 0.815. The molecule has 0 unspecified atom stereocenters. The van der Waals surface area contributed by atoms with Gasteiger partial charge in [0, 0.05) is 0 Å². The predicted octanol–water partition coefficient (Wildman–Crippen LogP) is 0.643. The molecule has 0 aliphatic carbocycles. The molecule has 0 aromatic rings. The summed E-state index contributed by atoms with van der Waals surface area (Å²) in [4.78, 5) is 0. The Balaban J connectivity index is 2.31. The fourth-order valence-corrected chi connectivity index (χ4v) is 1.18. The van der Waals surface area contributed by atoms with Crippen LogP contribution in [0.15, 0.2) is 0 Å². The Morgan fingerprint density at radius 2 is 2.17 bits per heavy atom. The minimum atomic E-state index is 0.296. The maximum atomic E-state index is 6.75. The maximum absolute atomic E-state index is 6.75. The van der Waals surface area contributed by atoms with E-state index < -0.39 is 0 Å². The molecule has 1 fully saturated rings. The molecule has 3 N–H and O–H groups in total. The molecule has 0 spiro atoms. The van der Waals surface area contributed by atoms with Crippen LogP contribution in [-0.2, 0) is 0 Å². The van der Waals surface area contributed by atoms with Gasteiger partial charge in [-0.25, -0.2) is 0 Å². The summed E-state index contributed by atoms with van der Waals surface area (Å²) in [6, 6.07) is 0. The molecular formula is C2H4N2S2. The first-order chi connectivity index (χ1) is 2.80. The molecule has 2 nitrogen and oxygen atoms in total. The van der Waals surface area contributed by atoms with Crippen molar-refractivity contribution in [1.82, 2.24) is 0 Å². The Morgan fingerprint density at radius 3 is 2.17 bits per heavy atom. The molecular weight excluding hydrogens is 116 g/mol. The third-order valence-electron chi connectivity index (χ3n) is 0.446. The molecule has 1 aliphatic heterocycles. The number of amidine groups is 1. The lowest BCUT2D eigenvalue weighted by Gasteiger charge is -1.78. The van der Waals surface area contributed by atoms with Gasteiger partial charge in [-0.3, -0.25) is 5.41 Å².